The van der Waals surface area contributed by atoms with E-state index in [9.17, 15) is 14.0 Å². The quantitative estimate of drug-likeness (QED) is 0.535. The minimum Gasteiger partial charge on any atom is -0.419 e. The summed E-state index contributed by atoms with van der Waals surface area (Å²) in [6, 6.07) is 5.72. The molecule has 2 aromatic heterocycles. The van der Waals surface area contributed by atoms with Crippen LogP contribution in [0.4, 0.5) is 15.9 Å². The minimum atomic E-state index is -0.558. The van der Waals surface area contributed by atoms with Crippen molar-refractivity contribution in [3.8, 4) is 11.5 Å². The van der Waals surface area contributed by atoms with E-state index in [1.165, 1.54) is 16.7 Å². The average Bonchev–Trinajstić information content (AvgIpc) is 3.18. The van der Waals surface area contributed by atoms with Crippen LogP contribution in [0.25, 0.3) is 11.5 Å². The molecule has 0 fully saturated rings. The fourth-order valence-corrected chi connectivity index (χ4v) is 3.24. The molecule has 0 spiro atoms. The van der Waals surface area contributed by atoms with Crippen molar-refractivity contribution in [3.05, 3.63) is 56.8 Å². The zero-order chi connectivity index (χ0) is 22.5. The van der Waals surface area contributed by atoms with Crippen LogP contribution in [0.2, 0.25) is 0 Å². The molecular formula is C21H27FN6O3. The Balaban J connectivity index is 1.96. The Kier molecular flexibility index (Phi) is 6.88. The molecule has 1 aromatic carbocycles. The fourth-order valence-electron chi connectivity index (χ4n) is 3.24. The molecule has 10 heteroatoms. The molecule has 166 valence electrons. The van der Waals surface area contributed by atoms with E-state index in [1.807, 2.05) is 20.8 Å². The van der Waals surface area contributed by atoms with Crippen molar-refractivity contribution in [2.24, 2.45) is 5.92 Å². The van der Waals surface area contributed by atoms with Gasteiger partial charge in [-0.3, -0.25) is 14.3 Å². The molecular weight excluding hydrogens is 403 g/mol. The van der Waals surface area contributed by atoms with Gasteiger partial charge >= 0.3 is 5.69 Å². The lowest BCUT2D eigenvalue weighted by Gasteiger charge is -2.25. The first-order valence-electron chi connectivity index (χ1n) is 10.3. The third kappa shape index (κ3) is 5.19. The van der Waals surface area contributed by atoms with Crippen LogP contribution in [0, 0.1) is 11.7 Å². The number of benzene rings is 1. The number of rotatable bonds is 9. The van der Waals surface area contributed by atoms with Crippen molar-refractivity contribution in [2.45, 2.75) is 46.7 Å². The lowest BCUT2D eigenvalue weighted by molar-refractivity contribution is 0.490. The van der Waals surface area contributed by atoms with E-state index < -0.39 is 11.2 Å². The normalized spacial score (nSPS) is 11.3. The first-order valence-corrected chi connectivity index (χ1v) is 10.3. The molecule has 0 aliphatic carbocycles. The number of H-pyrrole nitrogens is 1. The minimum absolute atomic E-state index is 0.108. The number of nitrogens with zero attached hydrogens (tertiary/aromatic N) is 4. The van der Waals surface area contributed by atoms with Crippen LogP contribution >= 0.6 is 0 Å². The maximum Gasteiger partial charge on any atom is 0.330 e. The molecule has 3 rings (SSSR count). The second kappa shape index (κ2) is 9.59. The number of aromatic nitrogens is 4. The van der Waals surface area contributed by atoms with Crippen LogP contribution in [0.1, 0.15) is 39.5 Å². The number of aromatic amines is 1. The van der Waals surface area contributed by atoms with E-state index >= 15 is 0 Å². The van der Waals surface area contributed by atoms with Gasteiger partial charge in [0, 0.05) is 18.7 Å². The van der Waals surface area contributed by atoms with Crippen molar-refractivity contribution < 1.29 is 8.81 Å². The van der Waals surface area contributed by atoms with E-state index in [-0.39, 0.29) is 41.6 Å². The summed E-state index contributed by atoms with van der Waals surface area (Å²) in [5, 5.41) is 8.08. The highest BCUT2D eigenvalue weighted by Gasteiger charge is 2.21. The van der Waals surface area contributed by atoms with Crippen molar-refractivity contribution >= 4 is 11.5 Å². The second-order valence-electron chi connectivity index (χ2n) is 7.78. The number of halogens is 1. The number of anilines is 2. The van der Waals surface area contributed by atoms with Crippen LogP contribution in [0.3, 0.4) is 0 Å². The predicted octanol–water partition coefficient (Wildman–Crippen LogP) is 2.77. The van der Waals surface area contributed by atoms with Gasteiger partial charge in [0.05, 0.1) is 6.54 Å². The summed E-state index contributed by atoms with van der Waals surface area (Å²) in [5.74, 6) is 0.433. The van der Waals surface area contributed by atoms with Crippen molar-refractivity contribution in [1.29, 1.82) is 0 Å². The molecule has 0 aliphatic rings. The van der Waals surface area contributed by atoms with Crippen molar-refractivity contribution in [1.82, 2.24) is 19.7 Å². The molecule has 0 saturated carbocycles. The number of nitrogens with one attached hydrogen (secondary N) is 1. The third-order valence-corrected chi connectivity index (χ3v) is 4.74. The molecule has 0 bridgehead atoms. The molecule has 0 unspecified atom stereocenters. The number of unbranched alkanes of at least 4 members (excludes halogenated alkanes) is 1. The van der Waals surface area contributed by atoms with E-state index in [0.717, 1.165) is 12.8 Å². The molecule has 9 nitrogen and oxygen atoms in total. The van der Waals surface area contributed by atoms with Crippen LogP contribution in [0.15, 0.2) is 38.3 Å². The molecule has 3 N–H and O–H groups in total. The van der Waals surface area contributed by atoms with Crippen LogP contribution in [0.5, 0.6) is 0 Å². The predicted molar refractivity (Wildman–Crippen MR) is 116 cm³/mol. The van der Waals surface area contributed by atoms with Gasteiger partial charge in [-0.2, -0.15) is 0 Å². The van der Waals surface area contributed by atoms with Gasteiger partial charge in [0.1, 0.15) is 17.3 Å². The van der Waals surface area contributed by atoms with Gasteiger partial charge in [-0.25, -0.2) is 9.18 Å². The van der Waals surface area contributed by atoms with Gasteiger partial charge in [-0.15, -0.1) is 10.2 Å². The highest BCUT2D eigenvalue weighted by Crippen LogP contribution is 2.23. The Hall–Kier alpha value is -3.43. The summed E-state index contributed by atoms with van der Waals surface area (Å²) in [7, 11) is 0. The molecule has 0 amide bonds. The summed E-state index contributed by atoms with van der Waals surface area (Å²) < 4.78 is 20.3. The van der Waals surface area contributed by atoms with Crippen LogP contribution in [-0.4, -0.2) is 26.3 Å². The SMILES string of the molecule is CCCCN(Cc1nnc(-c2ccc(F)cc2)o1)c1c(N)n(CC(C)C)c(=O)[nH]c1=O. The molecule has 0 saturated heterocycles. The smallest absolute Gasteiger partial charge is 0.330 e. The summed E-state index contributed by atoms with van der Waals surface area (Å²) in [6.07, 6.45) is 1.69. The summed E-state index contributed by atoms with van der Waals surface area (Å²) in [5.41, 5.74) is 5.97. The Morgan fingerprint density at radius 1 is 1.23 bits per heavy atom. The number of hydrogen-bond acceptors (Lipinski definition) is 7. The lowest BCUT2D eigenvalue weighted by Crippen LogP contribution is -2.39. The monoisotopic (exact) mass is 430 g/mol. The second-order valence-corrected chi connectivity index (χ2v) is 7.78. The number of hydrogen-bond donors (Lipinski definition) is 2. The third-order valence-electron chi connectivity index (χ3n) is 4.74. The fraction of sp³-hybridized carbons (Fsp3) is 0.429. The lowest BCUT2D eigenvalue weighted by atomic mass is 10.2. The van der Waals surface area contributed by atoms with E-state index in [2.05, 4.69) is 15.2 Å². The Morgan fingerprint density at radius 2 is 1.94 bits per heavy atom. The number of nitrogens with two attached hydrogens (primary N) is 1. The maximum absolute atomic E-state index is 13.2. The summed E-state index contributed by atoms with van der Waals surface area (Å²) >= 11 is 0. The molecule has 2 heterocycles. The van der Waals surface area contributed by atoms with E-state index in [0.29, 0.717) is 18.7 Å². The highest BCUT2D eigenvalue weighted by molar-refractivity contribution is 5.62. The van der Waals surface area contributed by atoms with Gasteiger partial charge in [0.15, 0.2) is 0 Å². The highest BCUT2D eigenvalue weighted by atomic mass is 19.1. The first-order chi connectivity index (χ1) is 14.8. The Morgan fingerprint density at radius 3 is 2.58 bits per heavy atom. The largest absolute Gasteiger partial charge is 0.419 e. The van der Waals surface area contributed by atoms with Gasteiger partial charge in [-0.05, 0) is 36.6 Å². The van der Waals surface area contributed by atoms with E-state index in [4.69, 9.17) is 10.2 Å². The van der Waals surface area contributed by atoms with E-state index in [1.54, 1.807) is 17.0 Å². The zero-order valence-electron chi connectivity index (χ0n) is 17.9. The topological polar surface area (TPSA) is 123 Å². The zero-order valence-corrected chi connectivity index (χ0v) is 17.9. The van der Waals surface area contributed by atoms with Gasteiger partial charge < -0.3 is 15.1 Å². The summed E-state index contributed by atoms with van der Waals surface area (Å²) in [4.78, 5) is 29.0. The van der Waals surface area contributed by atoms with Crippen LogP contribution < -0.4 is 21.9 Å². The van der Waals surface area contributed by atoms with Gasteiger partial charge in [0.2, 0.25) is 11.8 Å². The molecule has 0 radical (unpaired) electrons. The van der Waals surface area contributed by atoms with Crippen molar-refractivity contribution in [3.63, 3.8) is 0 Å². The molecule has 31 heavy (non-hydrogen) atoms. The number of nitrogen functional groups attached to an aromatic ring is 1. The van der Waals surface area contributed by atoms with Gasteiger partial charge in [0.25, 0.3) is 5.56 Å². The molecule has 3 aromatic rings. The average molecular weight is 430 g/mol. The van der Waals surface area contributed by atoms with Gasteiger partial charge in [-0.1, -0.05) is 27.2 Å². The Labute approximate surface area is 178 Å². The molecule has 0 atom stereocenters. The first kappa shape index (κ1) is 22.3. The molecule has 0 aliphatic heterocycles. The Bertz CT molecular complexity index is 1130. The standard InChI is InChI=1S/C21H27FN6O3/c1-4-5-10-27(17-18(23)28(11-13(2)3)21(30)24-19(17)29)12-16-25-26-20(31-16)14-6-8-15(22)9-7-14/h6-9,13H,4-5,10-12,23H2,1-3H3,(H,24,29,30). The van der Waals surface area contributed by atoms with Crippen molar-refractivity contribution in [2.75, 3.05) is 17.2 Å². The summed E-state index contributed by atoms with van der Waals surface area (Å²) in [6.45, 7) is 6.98. The van der Waals surface area contributed by atoms with Crippen LogP contribution in [-0.2, 0) is 13.1 Å². The maximum atomic E-state index is 13.2.